The van der Waals surface area contributed by atoms with E-state index in [9.17, 15) is 18.0 Å². The van der Waals surface area contributed by atoms with E-state index in [4.69, 9.17) is 0 Å². The lowest BCUT2D eigenvalue weighted by atomic mass is 9.96. The van der Waals surface area contributed by atoms with Crippen LogP contribution in [0, 0.1) is 12.8 Å². The molecule has 172 valence electrons. The summed E-state index contributed by atoms with van der Waals surface area (Å²) in [4.78, 5) is 27.6. The first-order valence-electron chi connectivity index (χ1n) is 10.8. The Morgan fingerprint density at radius 1 is 1.22 bits per heavy atom. The Morgan fingerprint density at radius 3 is 2.56 bits per heavy atom. The molecule has 1 fully saturated rings. The number of carbonyl (C=O) groups is 2. The van der Waals surface area contributed by atoms with Crippen molar-refractivity contribution >= 4 is 33.2 Å². The lowest BCUT2D eigenvalue weighted by molar-refractivity contribution is -0.122. The molecule has 1 aliphatic rings. The van der Waals surface area contributed by atoms with Gasteiger partial charge in [-0.2, -0.15) is 0 Å². The van der Waals surface area contributed by atoms with Crippen molar-refractivity contribution in [3.05, 3.63) is 53.6 Å². The summed E-state index contributed by atoms with van der Waals surface area (Å²) >= 11 is 0. The summed E-state index contributed by atoms with van der Waals surface area (Å²) in [5.74, 6) is -0.581. The molecule has 2 aromatic rings. The molecule has 1 saturated heterocycles. The topological polar surface area (TPSA) is 86.8 Å². The number of amides is 2. The first-order valence-corrected chi connectivity index (χ1v) is 12.2. The highest BCUT2D eigenvalue weighted by Crippen LogP contribution is 2.34. The van der Waals surface area contributed by atoms with Crippen molar-refractivity contribution in [2.24, 2.45) is 5.92 Å². The highest BCUT2D eigenvalue weighted by atomic mass is 32.2. The van der Waals surface area contributed by atoms with Crippen LogP contribution < -0.4 is 10.2 Å². The molecular weight excluding hydrogens is 426 g/mol. The van der Waals surface area contributed by atoms with Crippen LogP contribution in [0.15, 0.2) is 47.4 Å². The molecular formula is C24H31N3O4S. The number of anilines is 2. The number of aryl methyl sites for hydroxylation is 1. The first kappa shape index (κ1) is 23.9. The van der Waals surface area contributed by atoms with Gasteiger partial charge in [-0.1, -0.05) is 38.1 Å². The molecule has 0 aromatic heterocycles. The number of rotatable bonds is 7. The number of hydrogen-bond donors (Lipinski definition) is 1. The van der Waals surface area contributed by atoms with Gasteiger partial charge in [-0.05, 0) is 48.6 Å². The molecule has 1 aliphatic heterocycles. The van der Waals surface area contributed by atoms with Crippen LogP contribution in [0.3, 0.4) is 0 Å². The average molecular weight is 458 g/mol. The summed E-state index contributed by atoms with van der Waals surface area (Å²) in [5, 5.41) is 2.84. The molecule has 0 radical (unpaired) electrons. The van der Waals surface area contributed by atoms with Gasteiger partial charge in [0, 0.05) is 38.4 Å². The first-order chi connectivity index (χ1) is 15.1. The smallest absolute Gasteiger partial charge is 0.242 e. The summed E-state index contributed by atoms with van der Waals surface area (Å²) in [6.45, 7) is 6.33. The van der Waals surface area contributed by atoms with E-state index >= 15 is 0 Å². The van der Waals surface area contributed by atoms with Crippen molar-refractivity contribution in [3.63, 3.8) is 0 Å². The van der Waals surface area contributed by atoms with Crippen LogP contribution in [0.25, 0.3) is 0 Å². The highest BCUT2D eigenvalue weighted by Gasteiger charge is 2.36. The fourth-order valence-corrected chi connectivity index (χ4v) is 4.76. The van der Waals surface area contributed by atoms with Crippen LogP contribution in [0.5, 0.6) is 0 Å². The quantitative estimate of drug-likeness (QED) is 0.686. The predicted molar refractivity (Wildman–Crippen MR) is 126 cm³/mol. The minimum atomic E-state index is -3.62. The molecule has 0 bridgehead atoms. The maximum Gasteiger partial charge on any atom is 0.242 e. The van der Waals surface area contributed by atoms with Gasteiger partial charge >= 0.3 is 0 Å². The maximum atomic E-state index is 13.0. The van der Waals surface area contributed by atoms with Crippen LogP contribution in [-0.4, -0.2) is 45.2 Å². The molecule has 2 atom stereocenters. The van der Waals surface area contributed by atoms with E-state index in [1.807, 2.05) is 24.3 Å². The molecule has 2 aromatic carbocycles. The van der Waals surface area contributed by atoms with Crippen molar-refractivity contribution in [1.82, 2.24) is 4.31 Å². The zero-order valence-corrected chi connectivity index (χ0v) is 20.1. The maximum absolute atomic E-state index is 13.0. The number of nitrogens with zero attached hydrogens (tertiary/aromatic N) is 2. The predicted octanol–water partition coefficient (Wildman–Crippen LogP) is 3.75. The second-order valence-electron chi connectivity index (χ2n) is 8.53. The van der Waals surface area contributed by atoms with E-state index < -0.39 is 15.9 Å². The summed E-state index contributed by atoms with van der Waals surface area (Å²) < 4.78 is 26.0. The summed E-state index contributed by atoms with van der Waals surface area (Å²) in [6, 6.07) is 12.5. The third kappa shape index (κ3) is 4.71. The van der Waals surface area contributed by atoms with Gasteiger partial charge < -0.3 is 10.2 Å². The van der Waals surface area contributed by atoms with Crippen molar-refractivity contribution in [2.45, 2.75) is 44.4 Å². The normalized spacial score (nSPS) is 17.6. The fourth-order valence-electron chi connectivity index (χ4n) is 3.83. The lowest BCUT2D eigenvalue weighted by Gasteiger charge is -2.23. The summed E-state index contributed by atoms with van der Waals surface area (Å²) in [6.07, 6.45) is 1.07. The zero-order valence-electron chi connectivity index (χ0n) is 19.3. The van der Waals surface area contributed by atoms with E-state index in [2.05, 4.69) is 19.2 Å². The van der Waals surface area contributed by atoms with Crippen LogP contribution >= 0.6 is 0 Å². The standard InChI is InChI=1S/C24H31N3O4S/c1-6-16(2)20-9-7-8-10-22(20)27-15-18(13-23(27)28)24(29)25-21-14-19(12-11-17(21)3)32(30,31)26(4)5/h7-12,14,16,18H,6,13,15H2,1-5H3,(H,25,29). The molecule has 0 spiro atoms. The molecule has 1 heterocycles. The summed E-state index contributed by atoms with van der Waals surface area (Å²) in [7, 11) is -0.697. The molecule has 2 amide bonds. The van der Waals surface area contributed by atoms with Crippen molar-refractivity contribution in [2.75, 3.05) is 30.9 Å². The van der Waals surface area contributed by atoms with Crippen LogP contribution in [0.2, 0.25) is 0 Å². The van der Waals surface area contributed by atoms with Gasteiger partial charge in [0.1, 0.15) is 0 Å². The van der Waals surface area contributed by atoms with Gasteiger partial charge in [0.05, 0.1) is 10.8 Å². The molecule has 0 aliphatic carbocycles. The van der Waals surface area contributed by atoms with Gasteiger partial charge in [-0.15, -0.1) is 0 Å². The summed E-state index contributed by atoms with van der Waals surface area (Å²) in [5.41, 5.74) is 3.14. The molecule has 8 heteroatoms. The van der Waals surface area contributed by atoms with Crippen LogP contribution in [0.4, 0.5) is 11.4 Å². The number of carbonyl (C=O) groups excluding carboxylic acids is 2. The Kier molecular flexibility index (Phi) is 7.05. The number of sulfonamides is 1. The Morgan fingerprint density at radius 2 is 1.91 bits per heavy atom. The second-order valence-corrected chi connectivity index (χ2v) is 10.7. The number of nitrogens with one attached hydrogen (secondary N) is 1. The Balaban J connectivity index is 1.81. The largest absolute Gasteiger partial charge is 0.325 e. The Labute approximate surface area is 190 Å². The van der Waals surface area contributed by atoms with Crippen LogP contribution in [-0.2, 0) is 19.6 Å². The van der Waals surface area contributed by atoms with Gasteiger partial charge in [0.15, 0.2) is 0 Å². The van der Waals surface area contributed by atoms with Crippen molar-refractivity contribution < 1.29 is 18.0 Å². The van der Waals surface area contributed by atoms with E-state index in [0.717, 1.165) is 27.5 Å². The molecule has 1 N–H and O–H groups in total. The molecule has 7 nitrogen and oxygen atoms in total. The SMILES string of the molecule is CCC(C)c1ccccc1N1CC(C(=O)Nc2cc(S(=O)(=O)N(C)C)ccc2C)CC1=O. The van der Waals surface area contributed by atoms with E-state index in [1.54, 1.807) is 17.9 Å². The molecule has 32 heavy (non-hydrogen) atoms. The second kappa shape index (κ2) is 9.42. The van der Waals surface area contributed by atoms with Gasteiger partial charge in [-0.3, -0.25) is 9.59 Å². The average Bonchev–Trinajstić information content (AvgIpc) is 3.16. The number of benzene rings is 2. The van der Waals surface area contributed by atoms with Gasteiger partial charge in [-0.25, -0.2) is 12.7 Å². The zero-order chi connectivity index (χ0) is 23.6. The van der Waals surface area contributed by atoms with E-state index in [0.29, 0.717) is 18.2 Å². The van der Waals surface area contributed by atoms with Gasteiger partial charge in [0.25, 0.3) is 0 Å². The minimum Gasteiger partial charge on any atom is -0.325 e. The fraction of sp³-hybridized carbons (Fsp3) is 0.417. The van der Waals surface area contributed by atoms with E-state index in [-0.39, 0.29) is 23.1 Å². The number of para-hydroxylation sites is 1. The third-order valence-corrected chi connectivity index (χ3v) is 7.92. The highest BCUT2D eigenvalue weighted by molar-refractivity contribution is 7.89. The third-order valence-electron chi connectivity index (χ3n) is 6.11. The Bertz CT molecular complexity index is 1130. The number of hydrogen-bond acceptors (Lipinski definition) is 4. The van der Waals surface area contributed by atoms with E-state index in [1.165, 1.54) is 26.2 Å². The van der Waals surface area contributed by atoms with Crippen molar-refractivity contribution in [1.29, 1.82) is 0 Å². The lowest BCUT2D eigenvalue weighted by Crippen LogP contribution is -2.29. The van der Waals surface area contributed by atoms with Crippen LogP contribution in [0.1, 0.15) is 43.7 Å². The minimum absolute atomic E-state index is 0.0819. The Hall–Kier alpha value is -2.71. The molecule has 0 saturated carbocycles. The van der Waals surface area contributed by atoms with Gasteiger partial charge in [0.2, 0.25) is 21.8 Å². The molecule has 3 rings (SSSR count). The molecule has 2 unspecified atom stereocenters. The monoisotopic (exact) mass is 457 g/mol. The van der Waals surface area contributed by atoms with Crippen molar-refractivity contribution in [3.8, 4) is 0 Å².